The summed E-state index contributed by atoms with van der Waals surface area (Å²) in [5.41, 5.74) is 2.72. The van der Waals surface area contributed by atoms with Crippen molar-refractivity contribution in [3.8, 4) is 0 Å². The maximum Gasteiger partial charge on any atom is 0.297 e. The molecule has 0 saturated carbocycles. The first-order chi connectivity index (χ1) is 20.7. The number of aryl methyl sites for hydroxylation is 3. The van der Waals surface area contributed by atoms with Gasteiger partial charge in [0.1, 0.15) is 22.6 Å². The van der Waals surface area contributed by atoms with Crippen molar-refractivity contribution >= 4 is 22.4 Å². The van der Waals surface area contributed by atoms with E-state index in [2.05, 4.69) is 32.1 Å². The zero-order chi connectivity index (χ0) is 32.6. The molecule has 3 N–H and O–H groups in total. The van der Waals surface area contributed by atoms with Gasteiger partial charge in [-0.3, -0.25) is 4.79 Å². The Labute approximate surface area is 256 Å². The minimum absolute atomic E-state index is 0.116. The average Bonchev–Trinajstić information content (AvgIpc) is 2.97. The lowest BCUT2D eigenvalue weighted by molar-refractivity contribution is 0.140. The summed E-state index contributed by atoms with van der Waals surface area (Å²) in [7, 11) is 1.66. The fraction of sp³-hybridized carbons (Fsp3) is 0.367. The summed E-state index contributed by atoms with van der Waals surface area (Å²) >= 11 is 0. The van der Waals surface area contributed by atoms with E-state index in [1.165, 1.54) is 42.2 Å². The minimum Gasteiger partial charge on any atom is -0.377 e. The van der Waals surface area contributed by atoms with E-state index in [1.807, 2.05) is 0 Å². The van der Waals surface area contributed by atoms with Gasteiger partial charge < -0.3 is 19.7 Å². The summed E-state index contributed by atoms with van der Waals surface area (Å²) in [5, 5.41) is 8.53. The van der Waals surface area contributed by atoms with E-state index in [9.17, 15) is 26.6 Å². The van der Waals surface area contributed by atoms with Gasteiger partial charge in [-0.1, -0.05) is 17.7 Å². The summed E-state index contributed by atoms with van der Waals surface area (Å²) in [6.07, 6.45) is 1.46. The highest BCUT2D eigenvalue weighted by atomic mass is 32.2. The Kier molecular flexibility index (Phi) is 12.4. The van der Waals surface area contributed by atoms with Gasteiger partial charge in [-0.15, -0.1) is 0 Å². The normalized spacial score (nSPS) is 14.8. The Morgan fingerprint density at radius 1 is 0.955 bits per heavy atom. The van der Waals surface area contributed by atoms with E-state index in [1.54, 1.807) is 32.9 Å². The van der Waals surface area contributed by atoms with Crippen LogP contribution in [0, 0.1) is 25.5 Å². The lowest BCUT2D eigenvalue weighted by Gasteiger charge is -2.33. The first-order valence-electron chi connectivity index (χ1n) is 13.7. The van der Waals surface area contributed by atoms with Gasteiger partial charge in [-0.2, -0.15) is 0 Å². The number of nitrogens with one attached hydrogen (secondary N) is 1. The van der Waals surface area contributed by atoms with Crippen molar-refractivity contribution in [1.82, 2.24) is 19.4 Å². The lowest BCUT2D eigenvalue weighted by atomic mass is 10.1. The smallest absolute Gasteiger partial charge is 0.297 e. The number of aromatic nitrogens is 3. The Hall–Kier alpha value is -3.88. The lowest BCUT2D eigenvalue weighted by Crippen LogP contribution is -2.44. The molecule has 238 valence electrons. The number of halogens is 4. The molecule has 1 aliphatic rings. The van der Waals surface area contributed by atoms with Gasteiger partial charge in [0.2, 0.25) is 0 Å². The summed E-state index contributed by atoms with van der Waals surface area (Å²) in [6, 6.07) is 8.11. The van der Waals surface area contributed by atoms with Crippen molar-refractivity contribution in [3.05, 3.63) is 99.5 Å². The Morgan fingerprint density at radius 2 is 1.59 bits per heavy atom. The highest BCUT2D eigenvalue weighted by molar-refractivity contribution is 7.82. The number of anilines is 2. The van der Waals surface area contributed by atoms with Crippen molar-refractivity contribution in [2.45, 2.75) is 38.1 Å². The van der Waals surface area contributed by atoms with Gasteiger partial charge in [0, 0.05) is 51.0 Å². The fourth-order valence-electron chi connectivity index (χ4n) is 4.49. The van der Waals surface area contributed by atoms with Gasteiger partial charge in [0.15, 0.2) is 5.82 Å². The number of rotatable bonds is 6. The second-order valence-corrected chi connectivity index (χ2v) is 11.5. The molecule has 3 heterocycles. The van der Waals surface area contributed by atoms with Crippen LogP contribution >= 0.6 is 0 Å². The Morgan fingerprint density at radius 3 is 2.18 bits per heavy atom. The molecule has 2 aromatic heterocycles. The fourth-order valence-corrected chi connectivity index (χ4v) is 5.06. The van der Waals surface area contributed by atoms with E-state index in [0.717, 1.165) is 49.7 Å². The molecule has 0 amide bonds. The quantitative estimate of drug-likeness (QED) is 0.377. The third-order valence-corrected chi connectivity index (χ3v) is 7.64. The van der Waals surface area contributed by atoms with Crippen LogP contribution in [0.4, 0.5) is 28.9 Å². The van der Waals surface area contributed by atoms with Crippen LogP contribution < -0.4 is 20.9 Å². The highest BCUT2D eigenvalue weighted by Crippen LogP contribution is 2.25. The van der Waals surface area contributed by atoms with Crippen LogP contribution in [-0.2, 0) is 18.0 Å². The van der Waals surface area contributed by atoms with Crippen molar-refractivity contribution in [1.29, 1.82) is 0 Å². The van der Waals surface area contributed by atoms with Crippen molar-refractivity contribution in [3.63, 3.8) is 0 Å². The van der Waals surface area contributed by atoms with Crippen molar-refractivity contribution < 1.29 is 21.8 Å². The molecule has 0 bridgehead atoms. The first kappa shape index (κ1) is 34.6. The van der Waals surface area contributed by atoms with Gasteiger partial charge in [-0.05, 0) is 57.6 Å². The number of nitrogens with two attached hydrogens (primary N) is 1. The number of nitrogens with zero attached hydrogens (tertiary/aromatic N) is 5. The van der Waals surface area contributed by atoms with Crippen molar-refractivity contribution in [2.75, 3.05) is 43.4 Å². The number of benzene rings is 1. The molecule has 0 spiro atoms. The van der Waals surface area contributed by atoms with Gasteiger partial charge >= 0.3 is 0 Å². The van der Waals surface area contributed by atoms with Crippen LogP contribution in [-0.4, -0.2) is 56.9 Å². The molecule has 0 aliphatic carbocycles. The van der Waals surface area contributed by atoms with E-state index in [-0.39, 0.29) is 10.5 Å². The molecule has 44 heavy (non-hydrogen) atoms. The number of likely N-dealkylation sites (N-methyl/N-ethyl adjacent to an activating group) is 1. The number of alkyl halides is 2. The molecular formula is C30H37F4N7O2S. The third kappa shape index (κ3) is 9.82. The molecule has 4 rings (SSSR count). The zero-order valence-electron chi connectivity index (χ0n) is 25.2. The summed E-state index contributed by atoms with van der Waals surface area (Å²) in [4.78, 5) is 23.9. The molecule has 1 saturated heterocycles. The van der Waals surface area contributed by atoms with E-state index in [0.29, 0.717) is 16.8 Å². The predicted octanol–water partition coefficient (Wildman–Crippen LogP) is 4.73. The standard InChI is InChI=1S/C20H23F2N3O2S.C10H14F2N4/c1-12-7-13(2)20(26)25(4)11-17(22)9-15(8-12)14(3)24-18-6-5-16(21)10-19(18)28(23)27;1-15-2-4-16(5-3-15)8-6-13-10(9(11)12)14-7-8/h5-11,14,24H,23H2,1-4H3;6-7,9H,2-5H2,1H3/t14-,28?;/m1./s1. The molecule has 1 fully saturated rings. The van der Waals surface area contributed by atoms with Crippen LogP contribution in [0.1, 0.15) is 41.9 Å². The number of hydrogen-bond donors (Lipinski definition) is 2. The SMILES string of the molecule is CN1CCN(c2cnc(C(F)F)nc2)CC1.Cc1cc([C@@H](C)Nc2ccc(F)cc2S(N)=O)cc(F)cn(C)c(=O)c(C)c1. The highest BCUT2D eigenvalue weighted by Gasteiger charge is 2.17. The van der Waals surface area contributed by atoms with Crippen LogP contribution in [0.2, 0.25) is 0 Å². The molecule has 1 aliphatic heterocycles. The average molecular weight is 636 g/mol. The first-order valence-corrected chi connectivity index (χ1v) is 14.9. The van der Waals surface area contributed by atoms with E-state index in [4.69, 9.17) is 5.14 Å². The predicted molar refractivity (Wildman–Crippen MR) is 164 cm³/mol. The molecule has 1 unspecified atom stereocenters. The van der Waals surface area contributed by atoms with Crippen LogP contribution in [0.15, 0.2) is 64.7 Å². The molecule has 14 heteroatoms. The molecule has 9 nitrogen and oxygen atoms in total. The Balaban J connectivity index is 0.000000278. The third-order valence-electron chi connectivity index (χ3n) is 6.87. The monoisotopic (exact) mass is 635 g/mol. The van der Waals surface area contributed by atoms with Crippen LogP contribution in [0.5, 0.6) is 0 Å². The van der Waals surface area contributed by atoms with Crippen molar-refractivity contribution in [2.24, 2.45) is 12.2 Å². The van der Waals surface area contributed by atoms with Gasteiger partial charge in [0.05, 0.1) is 28.7 Å². The van der Waals surface area contributed by atoms with Crippen LogP contribution in [0.25, 0.3) is 0 Å². The summed E-state index contributed by atoms with van der Waals surface area (Å²) < 4.78 is 65.3. The molecule has 2 atom stereocenters. The number of piperazine rings is 1. The maximum atomic E-state index is 14.4. The van der Waals surface area contributed by atoms with Crippen LogP contribution in [0.3, 0.4) is 0 Å². The topological polar surface area (TPSA) is 109 Å². The molecular weight excluding hydrogens is 598 g/mol. The second-order valence-electron chi connectivity index (χ2n) is 10.5. The second kappa shape index (κ2) is 15.7. The molecule has 3 aromatic rings. The molecule has 0 radical (unpaired) electrons. The largest absolute Gasteiger partial charge is 0.377 e. The van der Waals surface area contributed by atoms with E-state index < -0.39 is 40.9 Å². The number of hydrogen-bond acceptors (Lipinski definition) is 7. The summed E-state index contributed by atoms with van der Waals surface area (Å²) in [6.45, 7) is 8.95. The minimum atomic E-state index is -2.60. The summed E-state index contributed by atoms with van der Waals surface area (Å²) in [5.74, 6) is -1.55. The zero-order valence-corrected chi connectivity index (χ0v) is 26.0. The molecule has 1 aromatic carbocycles. The van der Waals surface area contributed by atoms with Gasteiger partial charge in [0.25, 0.3) is 12.0 Å². The maximum absolute atomic E-state index is 14.4. The Bertz CT molecular complexity index is 1540. The van der Waals surface area contributed by atoms with Gasteiger partial charge in [-0.25, -0.2) is 36.9 Å². The van der Waals surface area contributed by atoms with E-state index >= 15 is 0 Å².